The number of nitrogens with zero attached hydrogens (tertiary/aromatic N) is 1. The second-order valence-electron chi connectivity index (χ2n) is 6.63. The van der Waals surface area contributed by atoms with E-state index in [0.717, 1.165) is 6.21 Å². The zero-order valence-electron chi connectivity index (χ0n) is 17.6. The largest absolute Gasteiger partial charge is 0.462 e. The summed E-state index contributed by atoms with van der Waals surface area (Å²) in [5.41, 5.74) is 6.93. The van der Waals surface area contributed by atoms with Gasteiger partial charge in [-0.05, 0) is 42.3 Å². The van der Waals surface area contributed by atoms with Crippen LogP contribution in [-0.4, -0.2) is 30.1 Å². The van der Waals surface area contributed by atoms with Gasteiger partial charge in [0, 0.05) is 37.6 Å². The van der Waals surface area contributed by atoms with Crippen molar-refractivity contribution in [3.8, 4) is 5.75 Å². The van der Waals surface area contributed by atoms with Crippen molar-refractivity contribution in [3.63, 3.8) is 0 Å². The molecule has 2 aromatic rings. The minimum atomic E-state index is -0.609. The Morgan fingerprint density at radius 3 is 2.53 bits per heavy atom. The molecule has 0 radical (unpaired) electrons. The van der Waals surface area contributed by atoms with E-state index in [1.165, 1.54) is 43.6 Å². The lowest BCUT2D eigenvalue weighted by molar-refractivity contribution is -0.116. The number of benzene rings is 1. The molecule has 1 aromatic carbocycles. The molecule has 0 saturated carbocycles. The van der Waals surface area contributed by atoms with E-state index in [9.17, 15) is 14.0 Å². The first-order valence-electron chi connectivity index (χ1n) is 9.54. The highest BCUT2D eigenvalue weighted by atomic mass is 19.1. The number of hydrogen-bond acceptors (Lipinski definition) is 6. The van der Waals surface area contributed by atoms with Crippen LogP contribution in [0, 0.1) is 11.2 Å². The van der Waals surface area contributed by atoms with Gasteiger partial charge in [0.25, 0.3) is 11.8 Å². The molecule has 5 N–H and O–H groups in total. The first kappa shape index (κ1) is 24.0. The maximum absolute atomic E-state index is 13.1. The summed E-state index contributed by atoms with van der Waals surface area (Å²) in [6.07, 6.45) is 2.94. The number of allylic oxidation sites excluding steroid dienone is 2. The number of ether oxygens (including phenoxy) is 1. The van der Waals surface area contributed by atoms with Crippen LogP contribution >= 0.6 is 0 Å². The van der Waals surface area contributed by atoms with E-state index in [1.54, 1.807) is 6.07 Å². The Kier molecular flexibility index (Phi) is 8.41. The van der Waals surface area contributed by atoms with Crippen molar-refractivity contribution in [1.82, 2.24) is 15.6 Å². The van der Waals surface area contributed by atoms with Crippen molar-refractivity contribution in [1.29, 1.82) is 5.41 Å². The van der Waals surface area contributed by atoms with Crippen LogP contribution in [0.15, 0.2) is 72.8 Å². The number of halogens is 1. The molecule has 8 nitrogen and oxygen atoms in total. The summed E-state index contributed by atoms with van der Waals surface area (Å²) in [5.74, 6) is -0.591. The van der Waals surface area contributed by atoms with Gasteiger partial charge in [-0.1, -0.05) is 13.2 Å². The number of aromatic nitrogens is 1. The average molecular weight is 437 g/mol. The SMILES string of the molecule is C=C(CCC(=C)Oc1ccnc(C(=O)NC)c1)NC(=O)C(C=N)=C(N)c1ccc(F)cc1. The Bertz CT molecular complexity index is 1080. The summed E-state index contributed by atoms with van der Waals surface area (Å²) in [7, 11) is 1.50. The van der Waals surface area contributed by atoms with Gasteiger partial charge in [0.05, 0.1) is 17.0 Å². The minimum Gasteiger partial charge on any atom is -0.462 e. The number of amides is 2. The fourth-order valence-corrected chi connectivity index (χ4v) is 2.58. The van der Waals surface area contributed by atoms with Gasteiger partial charge < -0.3 is 26.5 Å². The smallest absolute Gasteiger partial charge is 0.269 e. The predicted molar refractivity (Wildman–Crippen MR) is 120 cm³/mol. The van der Waals surface area contributed by atoms with Crippen LogP contribution < -0.4 is 21.1 Å². The molecule has 0 aliphatic heterocycles. The first-order valence-corrected chi connectivity index (χ1v) is 9.54. The quantitative estimate of drug-likeness (QED) is 0.258. The van der Waals surface area contributed by atoms with Crippen molar-refractivity contribution in [2.45, 2.75) is 12.8 Å². The summed E-state index contributed by atoms with van der Waals surface area (Å²) in [5, 5.41) is 12.6. The molecule has 1 aromatic heterocycles. The number of carbonyl (C=O) groups excluding carboxylic acids is 2. The maximum atomic E-state index is 13.1. The molecule has 0 atom stereocenters. The topological polar surface area (TPSA) is 130 Å². The molecule has 0 aliphatic rings. The number of hydrogen-bond donors (Lipinski definition) is 4. The molecule has 0 spiro atoms. The molecular formula is C23H24FN5O3. The van der Waals surface area contributed by atoms with Crippen LogP contribution in [0.2, 0.25) is 0 Å². The normalized spacial score (nSPS) is 11.1. The summed E-state index contributed by atoms with van der Waals surface area (Å²) in [6.45, 7) is 7.63. The molecule has 166 valence electrons. The number of pyridine rings is 1. The van der Waals surface area contributed by atoms with Crippen LogP contribution in [0.1, 0.15) is 28.9 Å². The Morgan fingerprint density at radius 2 is 1.91 bits per heavy atom. The molecule has 9 heteroatoms. The molecular weight excluding hydrogens is 413 g/mol. The Morgan fingerprint density at radius 1 is 1.22 bits per heavy atom. The Balaban J connectivity index is 1.94. The van der Waals surface area contributed by atoms with E-state index in [0.29, 0.717) is 35.6 Å². The number of carbonyl (C=O) groups is 2. The van der Waals surface area contributed by atoms with Gasteiger partial charge in [-0.15, -0.1) is 0 Å². The zero-order chi connectivity index (χ0) is 23.7. The first-order chi connectivity index (χ1) is 15.2. The molecule has 0 aliphatic carbocycles. The fourth-order valence-electron chi connectivity index (χ4n) is 2.58. The van der Waals surface area contributed by atoms with E-state index in [4.69, 9.17) is 15.9 Å². The van der Waals surface area contributed by atoms with Crippen molar-refractivity contribution >= 4 is 23.7 Å². The molecule has 1 heterocycles. The highest BCUT2D eigenvalue weighted by molar-refractivity contribution is 6.17. The van der Waals surface area contributed by atoms with Crippen molar-refractivity contribution in [2.24, 2.45) is 5.73 Å². The van der Waals surface area contributed by atoms with Crippen LogP contribution in [0.25, 0.3) is 5.70 Å². The summed E-state index contributed by atoms with van der Waals surface area (Å²) < 4.78 is 18.7. The molecule has 0 bridgehead atoms. The summed E-state index contributed by atoms with van der Waals surface area (Å²) in [4.78, 5) is 28.1. The lowest BCUT2D eigenvalue weighted by Gasteiger charge is -2.13. The van der Waals surface area contributed by atoms with E-state index in [1.807, 2.05) is 0 Å². The van der Waals surface area contributed by atoms with Gasteiger partial charge >= 0.3 is 0 Å². The third-order valence-corrected chi connectivity index (χ3v) is 4.28. The summed E-state index contributed by atoms with van der Waals surface area (Å²) in [6, 6.07) is 8.35. The average Bonchev–Trinajstić information content (AvgIpc) is 2.78. The van der Waals surface area contributed by atoms with Gasteiger partial charge in [0.1, 0.15) is 17.3 Å². The Hall–Kier alpha value is -4.27. The molecule has 0 unspecified atom stereocenters. The van der Waals surface area contributed by atoms with Crippen LogP contribution in [0.4, 0.5) is 4.39 Å². The second-order valence-corrected chi connectivity index (χ2v) is 6.63. The van der Waals surface area contributed by atoms with Crippen molar-refractivity contribution in [3.05, 3.63) is 89.9 Å². The standard InChI is InChI=1S/C23H24FN5O3/c1-14(4-5-15(2)32-18-10-11-28-20(12-18)23(31)27-3)29-22(30)19(13-25)21(26)16-6-8-17(24)9-7-16/h6-13,25H,1-2,4-5,26H2,3H3,(H,27,31)(H,29,30). The molecule has 0 saturated heterocycles. The summed E-state index contributed by atoms with van der Waals surface area (Å²) >= 11 is 0. The highest BCUT2D eigenvalue weighted by Crippen LogP contribution is 2.18. The van der Waals surface area contributed by atoms with Gasteiger partial charge in [0.15, 0.2) is 0 Å². The van der Waals surface area contributed by atoms with E-state index >= 15 is 0 Å². The van der Waals surface area contributed by atoms with E-state index in [-0.39, 0.29) is 22.9 Å². The molecule has 2 amide bonds. The predicted octanol–water partition coefficient (Wildman–Crippen LogP) is 2.90. The van der Waals surface area contributed by atoms with Crippen LogP contribution in [0.3, 0.4) is 0 Å². The lowest BCUT2D eigenvalue weighted by Crippen LogP contribution is -2.26. The maximum Gasteiger partial charge on any atom is 0.269 e. The number of rotatable bonds is 10. The monoisotopic (exact) mass is 437 g/mol. The van der Waals surface area contributed by atoms with Crippen LogP contribution in [-0.2, 0) is 4.79 Å². The molecule has 0 fully saturated rings. The van der Waals surface area contributed by atoms with Crippen LogP contribution in [0.5, 0.6) is 5.75 Å². The third kappa shape index (κ3) is 6.63. The minimum absolute atomic E-state index is 0.0441. The molecule has 2 rings (SSSR count). The zero-order valence-corrected chi connectivity index (χ0v) is 17.6. The van der Waals surface area contributed by atoms with Gasteiger partial charge in [0.2, 0.25) is 0 Å². The fraction of sp³-hybridized carbons (Fsp3) is 0.130. The second kappa shape index (κ2) is 11.2. The van der Waals surface area contributed by atoms with Gasteiger partial charge in [-0.25, -0.2) is 4.39 Å². The molecule has 32 heavy (non-hydrogen) atoms. The van der Waals surface area contributed by atoms with Gasteiger partial charge in [-0.3, -0.25) is 14.6 Å². The van der Waals surface area contributed by atoms with Gasteiger partial charge in [-0.2, -0.15) is 0 Å². The number of nitrogens with one attached hydrogen (secondary N) is 3. The highest BCUT2D eigenvalue weighted by Gasteiger charge is 2.14. The number of nitrogens with two attached hydrogens (primary N) is 1. The lowest BCUT2D eigenvalue weighted by atomic mass is 10.1. The third-order valence-electron chi connectivity index (χ3n) is 4.28. The van der Waals surface area contributed by atoms with Crippen molar-refractivity contribution in [2.75, 3.05) is 7.05 Å². The Labute approximate surface area is 185 Å². The van der Waals surface area contributed by atoms with Crippen molar-refractivity contribution < 1.29 is 18.7 Å². The van der Waals surface area contributed by atoms with E-state index in [2.05, 4.69) is 28.8 Å². The van der Waals surface area contributed by atoms with E-state index < -0.39 is 11.7 Å².